The Hall–Kier alpha value is -9.94. The Morgan fingerprint density at radius 3 is 1.21 bits per heavy atom. The molecule has 4 nitrogen and oxygen atoms in total. The van der Waals surface area contributed by atoms with E-state index < -0.39 is 10.8 Å². The van der Waals surface area contributed by atoms with E-state index in [1.807, 2.05) is 57.5 Å². The van der Waals surface area contributed by atoms with Crippen molar-refractivity contribution in [3.63, 3.8) is 0 Å². The summed E-state index contributed by atoms with van der Waals surface area (Å²) in [6.07, 6.45) is 0. The predicted molar refractivity (Wildman–Crippen MR) is 333 cm³/mol. The normalized spacial score (nSPS) is 14.0. The van der Waals surface area contributed by atoms with Crippen molar-refractivity contribution in [2.45, 2.75) is 10.8 Å². The van der Waals surface area contributed by atoms with Crippen molar-refractivity contribution in [2.24, 2.45) is 0 Å². The number of rotatable bonds is 1. The Balaban J connectivity index is 0.000000125. The van der Waals surface area contributed by atoms with Crippen LogP contribution in [0.1, 0.15) is 54.9 Å². The van der Waals surface area contributed by atoms with Crippen LogP contribution < -0.4 is 5.56 Å². The molecular weight excluding hydrogens is 1050 g/mol. The summed E-state index contributed by atoms with van der Waals surface area (Å²) in [5.41, 5.74) is 23.8. The first-order valence-corrected chi connectivity index (χ1v) is 28.5. The molecule has 0 saturated carbocycles. The van der Waals surface area contributed by atoms with E-state index in [9.17, 15) is 9.59 Å². The van der Waals surface area contributed by atoms with Gasteiger partial charge in [0.1, 0.15) is 0 Å². The first-order valence-electron chi connectivity index (χ1n) is 27.7. The molecule has 12 aromatic carbocycles. The van der Waals surface area contributed by atoms with Crippen LogP contribution in [0, 0.1) is 0 Å². The maximum absolute atomic E-state index is 14.5. The standard InChI is InChI=1S/C38H22BrNO.C38H21NO/c39-33-19-9-4-15-28(33)37(41)40-34-20-10-5-13-25(34)26-21-22-32-35(36(26)40)27-14-3-8-18-31(27)38(32)29-16-6-1-11-23(29)24-12-2-7-17-30(24)38;40-37-28-13-2-1-10-22(28)25-15-9-16-26-27-20-21-33-34(36(27)39(37)35(25)26)29-14-5-8-19-32(29)38(33)30-17-6-3-11-23(30)24-12-4-7-18-31(24)38/h1-22H;1-21H. The van der Waals surface area contributed by atoms with Crippen molar-refractivity contribution in [3.05, 3.63) is 326 Å². The van der Waals surface area contributed by atoms with E-state index >= 15 is 0 Å². The Kier molecular flexibility index (Phi) is 8.94. The van der Waals surface area contributed by atoms with Gasteiger partial charge in [0.05, 0.1) is 38.5 Å². The van der Waals surface area contributed by atoms with Crippen LogP contribution in [0.4, 0.5) is 0 Å². The fourth-order valence-electron chi connectivity index (χ4n) is 15.8. The molecule has 0 bridgehead atoms. The van der Waals surface area contributed by atoms with E-state index in [1.165, 1.54) is 83.5 Å². The lowest BCUT2D eigenvalue weighted by Gasteiger charge is -2.30. The quantitative estimate of drug-likeness (QED) is 0.154. The molecule has 0 radical (unpaired) electrons. The summed E-state index contributed by atoms with van der Waals surface area (Å²) in [5, 5.41) is 7.32. The van der Waals surface area contributed by atoms with Gasteiger partial charge in [-0.15, -0.1) is 0 Å². The van der Waals surface area contributed by atoms with Gasteiger partial charge in [0.15, 0.2) is 0 Å². The lowest BCUT2D eigenvalue weighted by Crippen LogP contribution is -2.25. The fourth-order valence-corrected chi connectivity index (χ4v) is 16.2. The van der Waals surface area contributed by atoms with E-state index in [4.69, 9.17) is 0 Å². The second kappa shape index (κ2) is 16.1. The average Bonchev–Trinajstić information content (AvgIpc) is 2.95. The van der Waals surface area contributed by atoms with E-state index in [2.05, 4.69) is 228 Å². The Labute approximate surface area is 473 Å². The molecule has 4 aliphatic rings. The van der Waals surface area contributed by atoms with Gasteiger partial charge in [0, 0.05) is 47.9 Å². The molecular formula is C76H43BrN2O2. The van der Waals surface area contributed by atoms with Crippen molar-refractivity contribution < 1.29 is 4.79 Å². The van der Waals surface area contributed by atoms with Crippen LogP contribution in [-0.2, 0) is 10.8 Å². The molecule has 4 aliphatic carbocycles. The number of halogens is 1. The van der Waals surface area contributed by atoms with Crippen LogP contribution in [0.2, 0.25) is 0 Å². The third kappa shape index (κ3) is 5.40. The zero-order valence-electron chi connectivity index (χ0n) is 43.4. The number of benzene rings is 12. The zero-order chi connectivity index (χ0) is 53.5. The van der Waals surface area contributed by atoms with Crippen molar-refractivity contribution >= 4 is 81.6 Å². The molecule has 81 heavy (non-hydrogen) atoms. The summed E-state index contributed by atoms with van der Waals surface area (Å²) in [5.74, 6) is -0.0391. The number of hydrogen-bond donors (Lipinski definition) is 0. The molecule has 0 aliphatic heterocycles. The largest absolute Gasteiger partial charge is 0.275 e. The highest BCUT2D eigenvalue weighted by Crippen LogP contribution is 2.66. The van der Waals surface area contributed by atoms with E-state index in [1.54, 1.807) is 0 Å². The molecule has 0 N–H and O–H groups in total. The maximum Gasteiger partial charge on any atom is 0.264 e. The summed E-state index contributed by atoms with van der Waals surface area (Å²) >= 11 is 3.65. The SMILES string of the molecule is O=C(c1ccccc1Br)n1c2ccccc2c2ccc3c(c21)-c1ccccc1C31c2ccccc2-c2ccccc21.O=c1c2ccccc2c2cccc3c4ccc5c(c4n1c23)-c1ccccc1C51c2ccccc2-c2ccccc21. The molecule has 0 unspecified atom stereocenters. The van der Waals surface area contributed by atoms with Gasteiger partial charge in [0.2, 0.25) is 0 Å². The van der Waals surface area contributed by atoms with Crippen LogP contribution in [0.3, 0.4) is 0 Å². The highest BCUT2D eigenvalue weighted by Gasteiger charge is 2.54. The predicted octanol–water partition coefficient (Wildman–Crippen LogP) is 18.1. The number of para-hydroxylation sites is 2. The molecule has 15 aromatic rings. The highest BCUT2D eigenvalue weighted by molar-refractivity contribution is 9.10. The lowest BCUT2D eigenvalue weighted by molar-refractivity contribution is 0.0968. The Bertz CT molecular complexity index is 5300. The number of nitrogens with zero attached hydrogens (tertiary/aromatic N) is 2. The van der Waals surface area contributed by atoms with Gasteiger partial charge in [-0.1, -0.05) is 237 Å². The van der Waals surface area contributed by atoms with Crippen molar-refractivity contribution in [1.29, 1.82) is 0 Å². The Morgan fingerprint density at radius 1 is 0.309 bits per heavy atom. The van der Waals surface area contributed by atoms with Crippen LogP contribution >= 0.6 is 15.9 Å². The summed E-state index contributed by atoms with van der Waals surface area (Å²) in [6, 6.07) is 92.5. The summed E-state index contributed by atoms with van der Waals surface area (Å²) in [6.45, 7) is 0. The summed E-state index contributed by atoms with van der Waals surface area (Å²) < 4.78 is 4.76. The van der Waals surface area contributed by atoms with Gasteiger partial charge in [-0.25, -0.2) is 0 Å². The van der Waals surface area contributed by atoms with Crippen molar-refractivity contribution in [2.75, 3.05) is 0 Å². The van der Waals surface area contributed by atoms with Crippen molar-refractivity contribution in [3.8, 4) is 44.5 Å². The maximum atomic E-state index is 14.5. The molecule has 0 amide bonds. The van der Waals surface area contributed by atoms with Crippen LogP contribution in [0.15, 0.2) is 270 Å². The molecule has 376 valence electrons. The third-order valence-electron chi connectivity index (χ3n) is 18.7. The van der Waals surface area contributed by atoms with Gasteiger partial charge in [0.25, 0.3) is 11.5 Å². The first kappa shape index (κ1) is 45.0. The number of fused-ring (bicyclic) bond motifs is 30. The first-order chi connectivity index (χ1) is 40.0. The molecule has 3 heterocycles. The van der Waals surface area contributed by atoms with E-state index in [0.29, 0.717) is 5.56 Å². The van der Waals surface area contributed by atoms with Crippen LogP contribution in [0.5, 0.6) is 0 Å². The minimum Gasteiger partial charge on any atom is -0.275 e. The molecule has 3 aromatic heterocycles. The fraction of sp³-hybridized carbons (Fsp3) is 0.0263. The number of carbonyl (C=O) groups is 1. The minimum atomic E-state index is -0.453. The van der Waals surface area contributed by atoms with E-state index in [-0.39, 0.29) is 11.5 Å². The van der Waals surface area contributed by atoms with Crippen LogP contribution in [-0.4, -0.2) is 14.9 Å². The number of carbonyl (C=O) groups excluding carboxylic acids is 1. The van der Waals surface area contributed by atoms with Gasteiger partial charge < -0.3 is 0 Å². The van der Waals surface area contributed by atoms with Crippen molar-refractivity contribution in [1.82, 2.24) is 8.97 Å². The number of aromatic nitrogens is 2. The molecule has 19 rings (SSSR count). The molecule has 5 heteroatoms. The highest BCUT2D eigenvalue weighted by atomic mass is 79.9. The van der Waals surface area contributed by atoms with Gasteiger partial charge in [-0.2, -0.15) is 0 Å². The van der Waals surface area contributed by atoms with Gasteiger partial charge in [-0.05, 0) is 123 Å². The topological polar surface area (TPSA) is 43.5 Å². The number of pyridine rings is 1. The van der Waals surface area contributed by atoms with Crippen LogP contribution in [0.25, 0.3) is 104 Å². The Morgan fingerprint density at radius 2 is 0.679 bits per heavy atom. The minimum absolute atomic E-state index is 0.0391. The van der Waals surface area contributed by atoms with Gasteiger partial charge in [-0.3, -0.25) is 18.6 Å². The third-order valence-corrected chi connectivity index (χ3v) is 19.4. The summed E-state index contributed by atoms with van der Waals surface area (Å²) in [7, 11) is 0. The van der Waals surface area contributed by atoms with E-state index in [0.717, 1.165) is 69.8 Å². The molecule has 0 saturated heterocycles. The lowest BCUT2D eigenvalue weighted by atomic mass is 9.70. The monoisotopic (exact) mass is 1090 g/mol. The average molecular weight is 1100 g/mol. The molecule has 2 spiro atoms. The smallest absolute Gasteiger partial charge is 0.264 e. The second-order valence-electron chi connectivity index (χ2n) is 22.1. The molecule has 0 atom stereocenters. The summed E-state index contributed by atoms with van der Waals surface area (Å²) in [4.78, 5) is 28.9. The zero-order valence-corrected chi connectivity index (χ0v) is 45.0. The van der Waals surface area contributed by atoms with Gasteiger partial charge >= 0.3 is 0 Å². The second-order valence-corrected chi connectivity index (χ2v) is 22.9. The number of hydrogen-bond acceptors (Lipinski definition) is 2. The molecule has 0 fully saturated rings.